The van der Waals surface area contributed by atoms with Gasteiger partial charge in [-0.1, -0.05) is 6.07 Å². The Morgan fingerprint density at radius 3 is 2.38 bits per heavy atom. The number of esters is 1. The van der Waals surface area contributed by atoms with Crippen LogP contribution in [0.5, 0.6) is 0 Å². The van der Waals surface area contributed by atoms with Crippen molar-refractivity contribution in [2.75, 3.05) is 11.9 Å². The van der Waals surface area contributed by atoms with Crippen LogP contribution in [0.25, 0.3) is 0 Å². The van der Waals surface area contributed by atoms with Crippen molar-refractivity contribution >= 4 is 28.9 Å². The molecule has 0 aliphatic rings. The van der Waals surface area contributed by atoms with Crippen molar-refractivity contribution in [3.8, 4) is 0 Å². The minimum absolute atomic E-state index is 0.289. The Morgan fingerprint density at radius 2 is 1.81 bits per heavy atom. The lowest BCUT2D eigenvalue weighted by molar-refractivity contribution is -0.119. The van der Waals surface area contributed by atoms with E-state index in [0.717, 1.165) is 16.7 Å². The molecular weight excluding hydrogens is 286 g/mol. The quantitative estimate of drug-likeness (QED) is 0.880. The zero-order chi connectivity index (χ0) is 15.4. The average molecular weight is 303 g/mol. The number of ether oxygens (including phenoxy) is 1. The molecule has 0 atom stereocenters. The monoisotopic (exact) mass is 303 g/mol. The molecule has 0 fully saturated rings. The number of benzene rings is 1. The number of aryl methyl sites for hydroxylation is 3. The highest BCUT2D eigenvalue weighted by Gasteiger charge is 2.14. The fourth-order valence-corrected chi connectivity index (χ4v) is 2.84. The van der Waals surface area contributed by atoms with Crippen molar-refractivity contribution in [3.63, 3.8) is 0 Å². The molecule has 0 unspecified atom stereocenters. The Labute approximate surface area is 127 Å². The summed E-state index contributed by atoms with van der Waals surface area (Å²) in [5.41, 5.74) is 3.70. The first kappa shape index (κ1) is 15.3. The fraction of sp³-hybridized carbons (Fsp3) is 0.250. The van der Waals surface area contributed by atoms with E-state index in [2.05, 4.69) is 5.32 Å². The number of hydrogen-bond acceptors (Lipinski definition) is 4. The lowest BCUT2D eigenvalue weighted by atomic mass is 10.1. The summed E-state index contributed by atoms with van der Waals surface area (Å²) in [5, 5.41) is 4.55. The maximum Gasteiger partial charge on any atom is 0.349 e. The van der Waals surface area contributed by atoms with E-state index in [1.807, 2.05) is 50.4 Å². The van der Waals surface area contributed by atoms with Gasteiger partial charge in [-0.15, -0.1) is 11.3 Å². The van der Waals surface area contributed by atoms with E-state index in [1.165, 1.54) is 11.3 Å². The molecule has 1 aromatic heterocycles. The van der Waals surface area contributed by atoms with Gasteiger partial charge in [0.2, 0.25) is 0 Å². The average Bonchev–Trinajstić information content (AvgIpc) is 2.81. The number of amides is 1. The zero-order valence-corrected chi connectivity index (χ0v) is 13.0. The Hall–Kier alpha value is -2.14. The highest BCUT2D eigenvalue weighted by Crippen LogP contribution is 2.17. The summed E-state index contributed by atoms with van der Waals surface area (Å²) >= 11 is 1.31. The largest absolute Gasteiger partial charge is 0.451 e. The number of thiophene rings is 1. The molecule has 0 radical (unpaired) electrons. The summed E-state index contributed by atoms with van der Waals surface area (Å²) in [7, 11) is 0. The normalized spacial score (nSPS) is 10.2. The molecule has 1 amide bonds. The Bertz CT molecular complexity index is 656. The number of hydrogen-bond donors (Lipinski definition) is 1. The molecule has 21 heavy (non-hydrogen) atoms. The van der Waals surface area contributed by atoms with Gasteiger partial charge in [0.15, 0.2) is 6.61 Å². The molecule has 5 heteroatoms. The van der Waals surface area contributed by atoms with Gasteiger partial charge in [-0.05, 0) is 61.0 Å². The lowest BCUT2D eigenvalue weighted by Gasteiger charge is -2.08. The standard InChI is InChI=1S/C16H17NO3S/c1-10-6-11(2)8-13(7-10)17-14(18)9-20-16(19)15-12(3)4-5-21-15/h4-8H,9H2,1-3H3,(H,17,18). The Morgan fingerprint density at radius 1 is 1.14 bits per heavy atom. The molecule has 0 bridgehead atoms. The first-order chi connectivity index (χ1) is 9.95. The number of nitrogens with one attached hydrogen (secondary N) is 1. The number of rotatable bonds is 4. The minimum Gasteiger partial charge on any atom is -0.451 e. The lowest BCUT2D eigenvalue weighted by Crippen LogP contribution is -2.20. The van der Waals surface area contributed by atoms with Crippen molar-refractivity contribution in [1.29, 1.82) is 0 Å². The van der Waals surface area contributed by atoms with Crippen LogP contribution in [-0.4, -0.2) is 18.5 Å². The van der Waals surface area contributed by atoms with Crippen LogP contribution in [0.4, 0.5) is 5.69 Å². The molecule has 1 aromatic carbocycles. The number of carbonyl (C=O) groups is 2. The van der Waals surface area contributed by atoms with Gasteiger partial charge in [0.05, 0.1) is 0 Å². The van der Waals surface area contributed by atoms with Crippen LogP contribution >= 0.6 is 11.3 Å². The molecule has 1 heterocycles. The zero-order valence-electron chi connectivity index (χ0n) is 12.2. The Balaban J connectivity index is 1.90. The topological polar surface area (TPSA) is 55.4 Å². The number of carbonyl (C=O) groups excluding carboxylic acids is 2. The van der Waals surface area contributed by atoms with E-state index in [9.17, 15) is 9.59 Å². The third-order valence-corrected chi connectivity index (χ3v) is 3.88. The van der Waals surface area contributed by atoms with Gasteiger partial charge in [0.25, 0.3) is 5.91 Å². The first-order valence-corrected chi connectivity index (χ1v) is 7.43. The van der Waals surface area contributed by atoms with Crippen LogP contribution in [-0.2, 0) is 9.53 Å². The van der Waals surface area contributed by atoms with E-state index in [0.29, 0.717) is 10.6 Å². The summed E-state index contributed by atoms with van der Waals surface area (Å²) in [5.74, 6) is -0.805. The molecule has 110 valence electrons. The van der Waals surface area contributed by atoms with E-state index < -0.39 is 5.97 Å². The molecule has 2 rings (SSSR count). The van der Waals surface area contributed by atoms with Crippen LogP contribution in [0.3, 0.4) is 0 Å². The fourth-order valence-electron chi connectivity index (χ4n) is 2.02. The van der Waals surface area contributed by atoms with E-state index in [-0.39, 0.29) is 12.5 Å². The summed E-state index contributed by atoms with van der Waals surface area (Å²) in [4.78, 5) is 24.1. The van der Waals surface area contributed by atoms with Crippen LogP contribution in [0.15, 0.2) is 29.6 Å². The molecule has 4 nitrogen and oxygen atoms in total. The minimum atomic E-state index is -0.460. The first-order valence-electron chi connectivity index (χ1n) is 6.55. The summed E-state index contributed by atoms with van der Waals surface area (Å²) in [6.45, 7) is 5.47. The third kappa shape index (κ3) is 4.16. The highest BCUT2D eigenvalue weighted by molar-refractivity contribution is 7.12. The molecule has 0 spiro atoms. The molecule has 0 saturated heterocycles. The van der Waals surface area contributed by atoms with Gasteiger partial charge in [-0.3, -0.25) is 4.79 Å². The van der Waals surface area contributed by atoms with Gasteiger partial charge in [0, 0.05) is 5.69 Å². The predicted molar refractivity (Wildman–Crippen MR) is 83.9 cm³/mol. The van der Waals surface area contributed by atoms with E-state index >= 15 is 0 Å². The van der Waals surface area contributed by atoms with Gasteiger partial charge in [-0.2, -0.15) is 0 Å². The smallest absolute Gasteiger partial charge is 0.349 e. The highest BCUT2D eigenvalue weighted by atomic mass is 32.1. The summed E-state index contributed by atoms with van der Waals surface area (Å²) in [6, 6.07) is 7.61. The summed E-state index contributed by atoms with van der Waals surface area (Å²) < 4.78 is 5.02. The second-order valence-corrected chi connectivity index (χ2v) is 5.85. The molecule has 2 aromatic rings. The maximum atomic E-state index is 11.8. The van der Waals surface area contributed by atoms with Gasteiger partial charge < -0.3 is 10.1 Å². The van der Waals surface area contributed by atoms with E-state index in [4.69, 9.17) is 4.74 Å². The second-order valence-electron chi connectivity index (χ2n) is 4.93. The SMILES string of the molecule is Cc1cc(C)cc(NC(=O)COC(=O)c2sccc2C)c1. The van der Waals surface area contributed by atoms with Crippen LogP contribution in [0.2, 0.25) is 0 Å². The van der Waals surface area contributed by atoms with Gasteiger partial charge >= 0.3 is 5.97 Å². The Kier molecular flexibility index (Phi) is 4.75. The van der Waals surface area contributed by atoms with Crippen molar-refractivity contribution < 1.29 is 14.3 Å². The van der Waals surface area contributed by atoms with Crippen molar-refractivity contribution in [2.24, 2.45) is 0 Å². The molecular formula is C16H17NO3S. The van der Waals surface area contributed by atoms with Gasteiger partial charge in [0.1, 0.15) is 4.88 Å². The molecule has 1 N–H and O–H groups in total. The second kappa shape index (κ2) is 6.54. The van der Waals surface area contributed by atoms with Crippen LogP contribution < -0.4 is 5.32 Å². The summed E-state index contributed by atoms with van der Waals surface area (Å²) in [6.07, 6.45) is 0. The van der Waals surface area contributed by atoms with Crippen molar-refractivity contribution in [1.82, 2.24) is 0 Å². The molecule has 0 aliphatic heterocycles. The maximum absolute atomic E-state index is 11.8. The van der Waals surface area contributed by atoms with Crippen LogP contribution in [0.1, 0.15) is 26.4 Å². The van der Waals surface area contributed by atoms with E-state index in [1.54, 1.807) is 0 Å². The molecule has 0 saturated carbocycles. The number of anilines is 1. The van der Waals surface area contributed by atoms with Crippen molar-refractivity contribution in [3.05, 3.63) is 51.2 Å². The molecule has 0 aliphatic carbocycles. The third-order valence-electron chi connectivity index (χ3n) is 2.89. The van der Waals surface area contributed by atoms with Gasteiger partial charge in [-0.25, -0.2) is 4.79 Å². The van der Waals surface area contributed by atoms with Crippen LogP contribution in [0, 0.1) is 20.8 Å². The predicted octanol–water partition coefficient (Wildman–Crippen LogP) is 3.47. The van der Waals surface area contributed by atoms with Crippen molar-refractivity contribution in [2.45, 2.75) is 20.8 Å².